The topological polar surface area (TPSA) is 20.2 Å². The van der Waals surface area contributed by atoms with Gasteiger partial charge in [0.2, 0.25) is 0 Å². The first-order chi connectivity index (χ1) is 14.3. The first-order valence-electron chi connectivity index (χ1n) is 13.7. The molecule has 5 aliphatic rings. The molecule has 4 saturated carbocycles. The first kappa shape index (κ1) is 22.5. The van der Waals surface area contributed by atoms with Crippen molar-refractivity contribution in [3.63, 3.8) is 0 Å². The van der Waals surface area contributed by atoms with Crippen LogP contribution >= 0.6 is 0 Å². The monoisotopic (exact) mass is 426 g/mol. The average Bonchev–Trinajstić information content (AvgIpc) is 3.05. The molecule has 4 fully saturated rings. The van der Waals surface area contributed by atoms with Crippen LogP contribution in [0.4, 0.5) is 0 Å². The smallest absolute Gasteiger partial charge is 0.0628 e. The Morgan fingerprint density at radius 3 is 2.03 bits per heavy atom. The summed E-state index contributed by atoms with van der Waals surface area (Å²) < 4.78 is 0. The van der Waals surface area contributed by atoms with Crippen molar-refractivity contribution in [2.75, 3.05) is 0 Å². The molecule has 1 N–H and O–H groups in total. The normalized spacial score (nSPS) is 55.7. The first-order valence-corrected chi connectivity index (χ1v) is 13.7. The minimum atomic E-state index is -0.165. The lowest BCUT2D eigenvalue weighted by atomic mass is 9.33. The minimum absolute atomic E-state index is 0.0420. The van der Waals surface area contributed by atoms with Gasteiger partial charge in [-0.25, -0.2) is 0 Å². The maximum Gasteiger partial charge on any atom is 0.0628 e. The van der Waals surface area contributed by atoms with Crippen molar-refractivity contribution in [1.29, 1.82) is 0 Å². The van der Waals surface area contributed by atoms with E-state index in [1.54, 1.807) is 5.57 Å². The second-order valence-electron chi connectivity index (χ2n) is 14.6. The van der Waals surface area contributed by atoms with Crippen molar-refractivity contribution in [3.8, 4) is 0 Å². The summed E-state index contributed by atoms with van der Waals surface area (Å²) in [5.74, 6) is 4.15. The molecule has 0 aromatic heterocycles. The van der Waals surface area contributed by atoms with Crippen LogP contribution in [0.15, 0.2) is 11.6 Å². The Kier molecular flexibility index (Phi) is 4.82. The SMILES string of the molecule is CC(C)[C@H]1CC[C@@H]2[C@]1(C)CC[C@@]1(C)[C@@H]3CC=C4[C@@H](CC[C@H](O)C4(C)C)[C@@]3(C)CC[C@]21C. The van der Waals surface area contributed by atoms with Gasteiger partial charge >= 0.3 is 0 Å². The maximum atomic E-state index is 10.8. The molecule has 5 aliphatic carbocycles. The largest absolute Gasteiger partial charge is 0.392 e. The number of fused-ring (bicyclic) bond motifs is 7. The fourth-order valence-corrected chi connectivity index (χ4v) is 11.2. The third-order valence-corrected chi connectivity index (χ3v) is 13.3. The third kappa shape index (κ3) is 2.60. The van der Waals surface area contributed by atoms with E-state index in [1.165, 1.54) is 51.4 Å². The van der Waals surface area contributed by atoms with Crippen LogP contribution < -0.4 is 0 Å². The number of aliphatic hydroxyl groups excluding tert-OH is 1. The summed E-state index contributed by atoms with van der Waals surface area (Å²) in [6, 6.07) is 0. The van der Waals surface area contributed by atoms with Gasteiger partial charge in [-0.05, 0) is 109 Å². The quantitative estimate of drug-likeness (QED) is 0.421. The summed E-state index contributed by atoms with van der Waals surface area (Å²) in [5.41, 5.74) is 3.49. The average molecular weight is 427 g/mol. The van der Waals surface area contributed by atoms with Gasteiger partial charge in [0.25, 0.3) is 0 Å². The van der Waals surface area contributed by atoms with E-state index in [1.807, 2.05) is 0 Å². The van der Waals surface area contributed by atoms with E-state index in [9.17, 15) is 5.11 Å². The van der Waals surface area contributed by atoms with Crippen molar-refractivity contribution >= 4 is 0 Å². The molecule has 0 heterocycles. The molecular formula is C30H50O. The zero-order valence-electron chi connectivity index (χ0n) is 21.9. The Morgan fingerprint density at radius 2 is 1.39 bits per heavy atom. The standard InChI is InChI=1S/C30H50O/c1-19(2)20-9-12-23-27(20,5)15-17-30(8)24-13-10-21-22(11-14-25(31)26(21,3)4)28(24,6)16-18-29(23,30)7/h10,19-20,22-25,31H,9,11-18H2,1-8H3/t20-,22-,23-,24-,25+,27-,28-,29-,30+/m1/s1. The van der Waals surface area contributed by atoms with Gasteiger partial charge < -0.3 is 5.11 Å². The lowest BCUT2D eigenvalue weighted by molar-refractivity contribution is -0.214. The Hall–Kier alpha value is -0.300. The van der Waals surface area contributed by atoms with Gasteiger partial charge in [0, 0.05) is 5.41 Å². The molecule has 0 aromatic rings. The molecule has 0 spiro atoms. The molecule has 1 nitrogen and oxygen atoms in total. The summed E-state index contributed by atoms with van der Waals surface area (Å²) in [6.07, 6.45) is 14.6. The summed E-state index contributed by atoms with van der Waals surface area (Å²) >= 11 is 0. The molecule has 0 aromatic carbocycles. The van der Waals surface area contributed by atoms with Gasteiger partial charge in [0.1, 0.15) is 0 Å². The lowest BCUT2D eigenvalue weighted by Crippen LogP contribution is -2.64. The van der Waals surface area contributed by atoms with Crippen LogP contribution in [0.1, 0.15) is 113 Å². The molecule has 9 atom stereocenters. The maximum absolute atomic E-state index is 10.8. The highest BCUT2D eigenvalue weighted by Crippen LogP contribution is 2.77. The van der Waals surface area contributed by atoms with E-state index in [4.69, 9.17) is 0 Å². The summed E-state index contributed by atoms with van der Waals surface area (Å²) in [7, 11) is 0. The van der Waals surface area contributed by atoms with Crippen LogP contribution in [0, 0.1) is 56.7 Å². The molecule has 31 heavy (non-hydrogen) atoms. The van der Waals surface area contributed by atoms with Crippen LogP contribution in [0.25, 0.3) is 0 Å². The van der Waals surface area contributed by atoms with Gasteiger partial charge in [-0.3, -0.25) is 0 Å². The molecule has 0 radical (unpaired) electrons. The van der Waals surface area contributed by atoms with Crippen molar-refractivity contribution in [2.45, 2.75) is 119 Å². The molecule has 0 amide bonds. The second-order valence-corrected chi connectivity index (χ2v) is 14.6. The predicted octanol–water partition coefficient (Wildman–Crippen LogP) is 8.02. The highest BCUT2D eigenvalue weighted by Gasteiger charge is 2.70. The lowest BCUT2D eigenvalue weighted by Gasteiger charge is -2.71. The second kappa shape index (κ2) is 6.64. The fourth-order valence-electron chi connectivity index (χ4n) is 11.2. The van der Waals surface area contributed by atoms with Gasteiger partial charge in [-0.15, -0.1) is 0 Å². The minimum Gasteiger partial charge on any atom is -0.392 e. The van der Waals surface area contributed by atoms with Crippen molar-refractivity contribution in [3.05, 3.63) is 11.6 Å². The van der Waals surface area contributed by atoms with Gasteiger partial charge in [-0.2, -0.15) is 0 Å². The molecule has 176 valence electrons. The highest BCUT2D eigenvalue weighted by molar-refractivity contribution is 5.30. The number of allylic oxidation sites excluding steroid dienone is 1. The van der Waals surface area contributed by atoms with Crippen molar-refractivity contribution < 1.29 is 5.11 Å². The Bertz CT molecular complexity index is 777. The Morgan fingerprint density at radius 1 is 0.774 bits per heavy atom. The van der Waals surface area contributed by atoms with E-state index >= 15 is 0 Å². The summed E-state index contributed by atoms with van der Waals surface area (Å²) in [4.78, 5) is 0. The summed E-state index contributed by atoms with van der Waals surface area (Å²) in [6.45, 7) is 20.4. The Labute approximate surface area is 192 Å². The molecule has 1 heteroatoms. The van der Waals surface area contributed by atoms with E-state index in [-0.39, 0.29) is 11.5 Å². The van der Waals surface area contributed by atoms with Crippen LogP contribution in [0.3, 0.4) is 0 Å². The third-order valence-electron chi connectivity index (χ3n) is 13.3. The summed E-state index contributed by atoms with van der Waals surface area (Å²) in [5, 5.41) is 10.8. The van der Waals surface area contributed by atoms with Crippen LogP contribution in [0.2, 0.25) is 0 Å². The van der Waals surface area contributed by atoms with Crippen molar-refractivity contribution in [1.82, 2.24) is 0 Å². The van der Waals surface area contributed by atoms with Gasteiger partial charge in [0.05, 0.1) is 6.10 Å². The van der Waals surface area contributed by atoms with Crippen molar-refractivity contribution in [2.24, 2.45) is 56.7 Å². The molecule has 0 unspecified atom stereocenters. The van der Waals surface area contributed by atoms with E-state index in [0.29, 0.717) is 27.6 Å². The molecule has 0 aliphatic heterocycles. The van der Waals surface area contributed by atoms with Crippen LogP contribution in [-0.2, 0) is 0 Å². The van der Waals surface area contributed by atoms with E-state index in [2.05, 4.69) is 61.5 Å². The zero-order chi connectivity index (χ0) is 22.6. The van der Waals surface area contributed by atoms with E-state index < -0.39 is 0 Å². The molecular weight excluding hydrogens is 376 g/mol. The van der Waals surface area contributed by atoms with E-state index in [0.717, 1.165) is 30.1 Å². The van der Waals surface area contributed by atoms with Gasteiger partial charge in [0.15, 0.2) is 0 Å². The van der Waals surface area contributed by atoms with Crippen LogP contribution in [0.5, 0.6) is 0 Å². The van der Waals surface area contributed by atoms with Crippen LogP contribution in [-0.4, -0.2) is 11.2 Å². The Balaban J connectivity index is 1.55. The molecule has 0 saturated heterocycles. The number of hydrogen-bond acceptors (Lipinski definition) is 1. The highest BCUT2D eigenvalue weighted by atomic mass is 16.3. The zero-order valence-corrected chi connectivity index (χ0v) is 21.9. The van der Waals surface area contributed by atoms with Gasteiger partial charge in [-0.1, -0.05) is 67.0 Å². The predicted molar refractivity (Wildman–Crippen MR) is 131 cm³/mol. The molecule has 0 bridgehead atoms. The number of aliphatic hydroxyl groups is 1. The molecule has 5 rings (SSSR count). The number of hydrogen-bond donors (Lipinski definition) is 1. The fraction of sp³-hybridized carbons (Fsp3) is 0.933. The number of rotatable bonds is 1.